The largest absolute Gasteiger partial charge is 0.369 e. The highest BCUT2D eigenvalue weighted by Crippen LogP contribution is 2.23. The lowest BCUT2D eigenvalue weighted by Crippen LogP contribution is -1.84. The lowest BCUT2D eigenvalue weighted by molar-refractivity contribution is 0.628. The van der Waals surface area contributed by atoms with Gasteiger partial charge in [0.2, 0.25) is 0 Å². The first-order chi connectivity index (χ1) is 5.66. The number of nitrogen functional groups attached to an aromatic ring is 1. The van der Waals surface area contributed by atoms with Gasteiger partial charge in [0, 0.05) is 4.47 Å². The number of hydrogen-bond acceptors (Lipinski definition) is 2. The summed E-state index contributed by atoms with van der Waals surface area (Å²) in [5.41, 5.74) is 6.64. The monoisotopic (exact) mass is 229 g/mol. The predicted octanol–water partition coefficient (Wildman–Crippen LogP) is 2.05. The molecule has 12 heavy (non-hydrogen) atoms. The smallest absolute Gasteiger partial charge is 0.198 e. The fourth-order valence-corrected chi connectivity index (χ4v) is 1.58. The molecule has 0 unspecified atom stereocenters. The molecule has 1 heterocycles. The molecule has 0 aliphatic rings. The molecule has 3 nitrogen and oxygen atoms in total. The Morgan fingerprint density at radius 2 is 2.25 bits per heavy atom. The summed E-state index contributed by atoms with van der Waals surface area (Å²) in [7, 11) is 0. The van der Waals surface area contributed by atoms with Gasteiger partial charge in [-0.2, -0.15) is 0 Å². The van der Waals surface area contributed by atoms with Gasteiger partial charge in [-0.3, -0.25) is 0 Å². The second kappa shape index (κ2) is 2.45. The van der Waals surface area contributed by atoms with Crippen LogP contribution < -0.4 is 5.73 Å². The fraction of sp³-hybridized carbons (Fsp3) is 0. The summed E-state index contributed by atoms with van der Waals surface area (Å²) in [5.74, 6) is -0.0330. The summed E-state index contributed by atoms with van der Waals surface area (Å²) in [6, 6.07) is 2.70. The fourth-order valence-electron chi connectivity index (χ4n) is 1.06. The van der Waals surface area contributed by atoms with Gasteiger partial charge in [0.1, 0.15) is 11.3 Å². The van der Waals surface area contributed by atoms with E-state index in [-0.39, 0.29) is 11.8 Å². The summed E-state index contributed by atoms with van der Waals surface area (Å²) in [4.78, 5) is 6.70. The zero-order valence-corrected chi connectivity index (χ0v) is 7.52. The van der Waals surface area contributed by atoms with Crippen LogP contribution in [-0.2, 0) is 0 Å². The van der Waals surface area contributed by atoms with Gasteiger partial charge in [-0.25, -0.2) is 9.37 Å². The summed E-state index contributed by atoms with van der Waals surface area (Å²) in [5, 5.41) is 0. The van der Waals surface area contributed by atoms with E-state index in [0.717, 1.165) is 0 Å². The van der Waals surface area contributed by atoms with Crippen molar-refractivity contribution in [3.05, 3.63) is 22.4 Å². The number of halogens is 2. The standard InChI is InChI=1S/C7H5BrFN3/c8-4-1-3(9)2-5-6(4)12-7(10)11-5/h1-2H,(H3,10,11,12). The molecule has 0 aliphatic carbocycles. The van der Waals surface area contributed by atoms with Crippen molar-refractivity contribution in [3.63, 3.8) is 0 Å². The Balaban J connectivity index is 2.88. The molecule has 0 amide bonds. The molecule has 62 valence electrons. The van der Waals surface area contributed by atoms with Crippen LogP contribution in [0.5, 0.6) is 0 Å². The van der Waals surface area contributed by atoms with E-state index in [1.165, 1.54) is 12.1 Å². The first-order valence-corrected chi connectivity index (χ1v) is 4.06. The van der Waals surface area contributed by atoms with E-state index in [1.807, 2.05) is 0 Å². The van der Waals surface area contributed by atoms with E-state index >= 15 is 0 Å². The molecule has 1 aromatic heterocycles. The lowest BCUT2D eigenvalue weighted by atomic mass is 10.3. The molecule has 2 rings (SSSR count). The molecule has 0 saturated carbocycles. The molecule has 2 aromatic rings. The molecule has 0 saturated heterocycles. The van der Waals surface area contributed by atoms with Gasteiger partial charge in [0.25, 0.3) is 0 Å². The molecular weight excluding hydrogens is 225 g/mol. The van der Waals surface area contributed by atoms with Gasteiger partial charge in [-0.1, -0.05) is 0 Å². The van der Waals surface area contributed by atoms with Crippen molar-refractivity contribution in [3.8, 4) is 0 Å². The number of hydrogen-bond donors (Lipinski definition) is 2. The summed E-state index contributed by atoms with van der Waals surface area (Å²) in [6.45, 7) is 0. The van der Waals surface area contributed by atoms with E-state index in [1.54, 1.807) is 0 Å². The average Bonchev–Trinajstić information content (AvgIpc) is 2.29. The summed E-state index contributed by atoms with van der Waals surface area (Å²) >= 11 is 3.18. The maximum atomic E-state index is 12.8. The first-order valence-electron chi connectivity index (χ1n) is 3.27. The second-order valence-corrected chi connectivity index (χ2v) is 3.26. The second-order valence-electron chi connectivity index (χ2n) is 2.41. The van der Waals surface area contributed by atoms with Crippen LogP contribution in [0.25, 0.3) is 11.0 Å². The average molecular weight is 230 g/mol. The quantitative estimate of drug-likeness (QED) is 0.727. The molecule has 0 fully saturated rings. The number of fused-ring (bicyclic) bond motifs is 1. The molecule has 3 N–H and O–H groups in total. The van der Waals surface area contributed by atoms with Crippen LogP contribution in [0.2, 0.25) is 0 Å². The van der Waals surface area contributed by atoms with Crippen molar-refractivity contribution in [2.45, 2.75) is 0 Å². The number of nitrogens with zero attached hydrogens (tertiary/aromatic N) is 1. The van der Waals surface area contributed by atoms with E-state index in [4.69, 9.17) is 5.73 Å². The van der Waals surface area contributed by atoms with Crippen LogP contribution in [0.4, 0.5) is 10.3 Å². The number of nitrogens with one attached hydrogen (secondary N) is 1. The van der Waals surface area contributed by atoms with E-state index < -0.39 is 0 Å². The maximum absolute atomic E-state index is 12.8. The molecule has 0 spiro atoms. The van der Waals surface area contributed by atoms with Crippen molar-refractivity contribution in [1.82, 2.24) is 9.97 Å². The van der Waals surface area contributed by atoms with Gasteiger partial charge in [0.15, 0.2) is 5.95 Å². The Kier molecular flexibility index (Phi) is 1.54. The molecule has 1 aromatic carbocycles. The van der Waals surface area contributed by atoms with Crippen molar-refractivity contribution in [2.24, 2.45) is 0 Å². The Hall–Kier alpha value is -1.10. The first kappa shape index (κ1) is 7.54. The van der Waals surface area contributed by atoms with Gasteiger partial charge >= 0.3 is 0 Å². The van der Waals surface area contributed by atoms with Gasteiger partial charge in [-0.05, 0) is 28.1 Å². The van der Waals surface area contributed by atoms with Crippen molar-refractivity contribution >= 4 is 32.9 Å². The number of nitrogens with two attached hydrogens (primary N) is 1. The molecule has 0 atom stereocenters. The third-order valence-electron chi connectivity index (χ3n) is 1.52. The van der Waals surface area contributed by atoms with E-state index in [9.17, 15) is 4.39 Å². The number of aromatic nitrogens is 2. The van der Waals surface area contributed by atoms with Crippen LogP contribution in [-0.4, -0.2) is 9.97 Å². The van der Waals surface area contributed by atoms with Gasteiger partial charge in [-0.15, -0.1) is 0 Å². The Morgan fingerprint density at radius 3 is 3.00 bits per heavy atom. The molecule has 0 bridgehead atoms. The van der Waals surface area contributed by atoms with Crippen molar-refractivity contribution in [1.29, 1.82) is 0 Å². The van der Waals surface area contributed by atoms with E-state index in [2.05, 4.69) is 25.9 Å². The highest BCUT2D eigenvalue weighted by Gasteiger charge is 2.05. The molecule has 0 aliphatic heterocycles. The minimum atomic E-state index is -0.321. The van der Waals surface area contributed by atoms with Gasteiger partial charge < -0.3 is 10.7 Å². The van der Waals surface area contributed by atoms with Crippen molar-refractivity contribution < 1.29 is 4.39 Å². The van der Waals surface area contributed by atoms with Crippen LogP contribution in [0.3, 0.4) is 0 Å². The number of H-pyrrole nitrogens is 1. The zero-order chi connectivity index (χ0) is 8.72. The molecule has 0 radical (unpaired) electrons. The number of aromatic amines is 1. The summed E-state index contributed by atoms with van der Waals surface area (Å²) in [6.07, 6.45) is 0. The molecular formula is C7H5BrFN3. The van der Waals surface area contributed by atoms with Crippen LogP contribution in [0.15, 0.2) is 16.6 Å². The Labute approximate surface area is 75.9 Å². The number of imidazole rings is 1. The van der Waals surface area contributed by atoms with Crippen LogP contribution in [0, 0.1) is 5.82 Å². The highest BCUT2D eigenvalue weighted by molar-refractivity contribution is 9.10. The summed E-state index contributed by atoms with van der Waals surface area (Å²) < 4.78 is 13.4. The van der Waals surface area contributed by atoms with Crippen LogP contribution in [0.1, 0.15) is 0 Å². The van der Waals surface area contributed by atoms with Crippen molar-refractivity contribution in [2.75, 3.05) is 5.73 Å². The third kappa shape index (κ3) is 1.06. The molecule has 5 heteroatoms. The lowest BCUT2D eigenvalue weighted by Gasteiger charge is -1.91. The Bertz CT molecular complexity index is 437. The number of rotatable bonds is 0. The highest BCUT2D eigenvalue weighted by atomic mass is 79.9. The SMILES string of the molecule is Nc1nc2c(Br)cc(F)cc2[nH]1. The maximum Gasteiger partial charge on any atom is 0.198 e. The van der Waals surface area contributed by atoms with Gasteiger partial charge in [0.05, 0.1) is 5.52 Å². The zero-order valence-electron chi connectivity index (χ0n) is 5.94. The van der Waals surface area contributed by atoms with E-state index in [0.29, 0.717) is 15.5 Å². The normalized spacial score (nSPS) is 10.8. The minimum absolute atomic E-state index is 0.288. The van der Waals surface area contributed by atoms with Crippen LogP contribution >= 0.6 is 15.9 Å². The Morgan fingerprint density at radius 1 is 1.50 bits per heavy atom. The predicted molar refractivity (Wildman–Crippen MR) is 48.2 cm³/mol. The number of benzene rings is 1. The third-order valence-corrected chi connectivity index (χ3v) is 2.13. The minimum Gasteiger partial charge on any atom is -0.369 e. The number of anilines is 1. The topological polar surface area (TPSA) is 54.7 Å².